The van der Waals surface area contributed by atoms with Crippen LogP contribution >= 0.6 is 12.4 Å². The Morgan fingerprint density at radius 1 is 1.43 bits per heavy atom. The van der Waals surface area contributed by atoms with Crippen molar-refractivity contribution >= 4 is 18.4 Å². The minimum Gasteiger partial charge on any atom is -0.493 e. The molecule has 0 saturated heterocycles. The average molecular weight is 313 g/mol. The number of nitriles is 1. The highest BCUT2D eigenvalue weighted by Crippen LogP contribution is 2.22. The van der Waals surface area contributed by atoms with E-state index in [1.54, 1.807) is 19.1 Å². The molecular weight excluding hydrogens is 292 g/mol. The van der Waals surface area contributed by atoms with Crippen LogP contribution in [0.4, 0.5) is 0 Å². The lowest BCUT2D eigenvalue weighted by Gasteiger charge is -2.11. The van der Waals surface area contributed by atoms with E-state index < -0.39 is 0 Å². The van der Waals surface area contributed by atoms with Gasteiger partial charge in [-0.15, -0.1) is 12.4 Å². The molecule has 6 heteroatoms. The first-order valence-corrected chi connectivity index (χ1v) is 6.72. The van der Waals surface area contributed by atoms with Crippen molar-refractivity contribution in [1.29, 1.82) is 5.26 Å². The fourth-order valence-electron chi connectivity index (χ4n) is 1.70. The normalized spacial score (nSPS) is 9.38. The third-order valence-electron chi connectivity index (χ3n) is 2.71. The summed E-state index contributed by atoms with van der Waals surface area (Å²) in [5, 5.41) is 8.91. The first-order valence-electron chi connectivity index (χ1n) is 6.72. The number of hydrogen-bond acceptors (Lipinski definition) is 5. The quantitative estimate of drug-likeness (QED) is 0.587. The highest BCUT2D eigenvalue weighted by Gasteiger charge is 2.09. The Labute approximate surface area is 131 Å². The van der Waals surface area contributed by atoms with Gasteiger partial charge in [0.1, 0.15) is 5.75 Å². The van der Waals surface area contributed by atoms with Crippen LogP contribution in [0.25, 0.3) is 0 Å². The predicted molar refractivity (Wildman–Crippen MR) is 82.5 cm³/mol. The summed E-state index contributed by atoms with van der Waals surface area (Å²) in [5.74, 6) is 0.409. The van der Waals surface area contributed by atoms with Crippen LogP contribution < -0.4 is 10.5 Å². The fraction of sp³-hybridized carbons (Fsp3) is 0.467. The maximum atomic E-state index is 11.4. The summed E-state index contributed by atoms with van der Waals surface area (Å²) in [6, 6.07) is 7.30. The molecule has 1 aromatic carbocycles. The van der Waals surface area contributed by atoms with Gasteiger partial charge in [0.15, 0.2) is 0 Å². The van der Waals surface area contributed by atoms with Gasteiger partial charge in [-0.3, -0.25) is 4.79 Å². The molecule has 0 aromatic heterocycles. The molecule has 1 rings (SSSR count). The molecular formula is C15H21ClN2O3. The van der Waals surface area contributed by atoms with E-state index in [0.717, 1.165) is 12.0 Å². The number of carbonyl (C=O) groups is 1. The van der Waals surface area contributed by atoms with Gasteiger partial charge in [0.05, 0.1) is 24.8 Å². The zero-order valence-electron chi connectivity index (χ0n) is 12.1. The number of ether oxygens (including phenoxy) is 2. The molecule has 0 unspecified atom stereocenters. The predicted octanol–water partition coefficient (Wildman–Crippen LogP) is 2.20. The Morgan fingerprint density at radius 2 is 2.19 bits per heavy atom. The number of halogens is 1. The molecule has 5 nitrogen and oxygen atoms in total. The van der Waals surface area contributed by atoms with Gasteiger partial charge in [0, 0.05) is 6.42 Å². The number of nitrogens with two attached hydrogens (primary N) is 1. The molecule has 1 aromatic rings. The van der Waals surface area contributed by atoms with Crippen molar-refractivity contribution in [3.63, 3.8) is 0 Å². The molecule has 0 aliphatic rings. The molecule has 0 spiro atoms. The lowest BCUT2D eigenvalue weighted by molar-refractivity contribution is -0.143. The summed E-state index contributed by atoms with van der Waals surface area (Å²) in [6.07, 6.45) is 1.57. The molecule has 0 radical (unpaired) electrons. The molecule has 2 N–H and O–H groups in total. The number of rotatable bonds is 8. The molecule has 0 aliphatic carbocycles. The fourth-order valence-corrected chi connectivity index (χ4v) is 1.70. The Kier molecular flexibility index (Phi) is 10.0. The zero-order valence-corrected chi connectivity index (χ0v) is 12.9. The van der Waals surface area contributed by atoms with E-state index in [2.05, 4.69) is 6.07 Å². The van der Waals surface area contributed by atoms with Crippen LogP contribution in [-0.4, -0.2) is 25.7 Å². The lowest BCUT2D eigenvalue weighted by atomic mass is 10.1. The maximum absolute atomic E-state index is 11.4. The van der Waals surface area contributed by atoms with Gasteiger partial charge in [-0.05, 0) is 44.0 Å². The van der Waals surface area contributed by atoms with Crippen molar-refractivity contribution < 1.29 is 14.3 Å². The standard InChI is InChI=1S/C15H20N2O3.ClH/c1-2-19-15(18)7-6-13-5-4-12(11-17)10-14(13)20-9-3-8-16;/h4-5,10H,2-3,6-9,16H2,1H3;1H. The Hall–Kier alpha value is -1.77. The summed E-state index contributed by atoms with van der Waals surface area (Å²) >= 11 is 0. The molecule has 0 atom stereocenters. The van der Waals surface area contributed by atoms with Crippen LogP contribution in [0.5, 0.6) is 5.75 Å². The minimum absolute atomic E-state index is 0. The number of esters is 1. The zero-order chi connectivity index (χ0) is 14.8. The minimum atomic E-state index is -0.232. The molecule has 0 saturated carbocycles. The van der Waals surface area contributed by atoms with Gasteiger partial charge in [0.25, 0.3) is 0 Å². The number of aryl methyl sites for hydroxylation is 1. The lowest BCUT2D eigenvalue weighted by Crippen LogP contribution is -2.09. The van der Waals surface area contributed by atoms with E-state index in [0.29, 0.717) is 43.9 Å². The highest BCUT2D eigenvalue weighted by atomic mass is 35.5. The summed E-state index contributed by atoms with van der Waals surface area (Å²) in [6.45, 7) is 3.21. The molecule has 116 valence electrons. The van der Waals surface area contributed by atoms with Crippen LogP contribution in [0.3, 0.4) is 0 Å². The second-order valence-corrected chi connectivity index (χ2v) is 4.23. The van der Waals surface area contributed by atoms with E-state index in [4.69, 9.17) is 20.5 Å². The molecule has 0 heterocycles. The van der Waals surface area contributed by atoms with Gasteiger partial charge in [0.2, 0.25) is 0 Å². The van der Waals surface area contributed by atoms with Crippen molar-refractivity contribution in [2.45, 2.75) is 26.2 Å². The first-order chi connectivity index (χ1) is 9.71. The average Bonchev–Trinajstić information content (AvgIpc) is 2.46. The molecule has 0 bridgehead atoms. The topological polar surface area (TPSA) is 85.3 Å². The van der Waals surface area contributed by atoms with Gasteiger partial charge >= 0.3 is 5.97 Å². The largest absolute Gasteiger partial charge is 0.493 e. The van der Waals surface area contributed by atoms with E-state index >= 15 is 0 Å². The van der Waals surface area contributed by atoms with Crippen LogP contribution in [0.15, 0.2) is 18.2 Å². The van der Waals surface area contributed by atoms with Crippen LogP contribution in [0, 0.1) is 11.3 Å². The van der Waals surface area contributed by atoms with Crippen molar-refractivity contribution in [1.82, 2.24) is 0 Å². The van der Waals surface area contributed by atoms with E-state index in [9.17, 15) is 4.79 Å². The van der Waals surface area contributed by atoms with Gasteiger partial charge in [-0.25, -0.2) is 0 Å². The van der Waals surface area contributed by atoms with Gasteiger partial charge in [-0.1, -0.05) is 6.07 Å². The maximum Gasteiger partial charge on any atom is 0.306 e. The van der Waals surface area contributed by atoms with Gasteiger partial charge < -0.3 is 15.2 Å². The van der Waals surface area contributed by atoms with E-state index in [1.165, 1.54) is 0 Å². The SMILES string of the molecule is CCOC(=O)CCc1ccc(C#N)cc1OCCCN.Cl. The van der Waals surface area contributed by atoms with Crippen molar-refractivity contribution in [3.05, 3.63) is 29.3 Å². The summed E-state index contributed by atoms with van der Waals surface area (Å²) in [4.78, 5) is 11.4. The second-order valence-electron chi connectivity index (χ2n) is 4.23. The van der Waals surface area contributed by atoms with Crippen LogP contribution in [-0.2, 0) is 16.0 Å². The van der Waals surface area contributed by atoms with Crippen molar-refractivity contribution in [2.24, 2.45) is 5.73 Å². The monoisotopic (exact) mass is 312 g/mol. The Balaban J connectivity index is 0.00000400. The summed E-state index contributed by atoms with van der Waals surface area (Å²) in [7, 11) is 0. The molecule has 0 amide bonds. The number of benzene rings is 1. The van der Waals surface area contributed by atoms with Crippen LogP contribution in [0.1, 0.15) is 30.9 Å². The first kappa shape index (κ1) is 19.2. The number of hydrogen-bond donors (Lipinski definition) is 1. The molecule has 21 heavy (non-hydrogen) atoms. The third kappa shape index (κ3) is 6.98. The number of carbonyl (C=O) groups excluding carboxylic acids is 1. The summed E-state index contributed by atoms with van der Waals surface area (Å²) < 4.78 is 10.5. The van der Waals surface area contributed by atoms with Gasteiger partial charge in [-0.2, -0.15) is 5.26 Å². The molecule has 0 aliphatic heterocycles. The summed E-state index contributed by atoms with van der Waals surface area (Å²) in [5.41, 5.74) is 6.86. The highest BCUT2D eigenvalue weighted by molar-refractivity contribution is 5.85. The second kappa shape index (κ2) is 11.0. The molecule has 0 fully saturated rings. The number of nitrogens with zero attached hydrogens (tertiary/aromatic N) is 1. The third-order valence-corrected chi connectivity index (χ3v) is 2.71. The van der Waals surface area contributed by atoms with Crippen LogP contribution in [0.2, 0.25) is 0 Å². The Morgan fingerprint density at radius 3 is 2.81 bits per heavy atom. The van der Waals surface area contributed by atoms with Crippen molar-refractivity contribution in [3.8, 4) is 11.8 Å². The van der Waals surface area contributed by atoms with E-state index in [-0.39, 0.29) is 18.4 Å². The Bertz CT molecular complexity index is 486. The van der Waals surface area contributed by atoms with E-state index in [1.807, 2.05) is 6.07 Å². The van der Waals surface area contributed by atoms with Crippen molar-refractivity contribution in [2.75, 3.05) is 19.8 Å². The smallest absolute Gasteiger partial charge is 0.306 e.